The summed E-state index contributed by atoms with van der Waals surface area (Å²) < 4.78 is 17.8. The number of likely N-dealkylation sites (tertiary alicyclic amines) is 1. The zero-order valence-electron chi connectivity index (χ0n) is 25.7. The summed E-state index contributed by atoms with van der Waals surface area (Å²) in [6.07, 6.45) is 7.16. The zero-order valence-corrected chi connectivity index (χ0v) is 25.7. The molecule has 2 amide bonds. The first-order chi connectivity index (χ1) is 20.4. The molecular formula is C34H40N4O5. The standard InChI is InChI=1S/C34H40N4O5/c1-33(2,3)42-31(39)37-15-10-13-28(29(37)23-11-8-7-9-12-23)38(32(40)43-34(4,5)6)21-26-18-25(27-19-35-22-36-20-27)17-24-14-16-41-30(24)26/h7-9,11-12,14,16-20,22,28-29H,10,13,15,21H2,1-6H3/t28-,29-/m0/s1. The molecule has 226 valence electrons. The van der Waals surface area contributed by atoms with Crippen molar-refractivity contribution in [3.05, 3.63) is 84.6 Å². The first-order valence-electron chi connectivity index (χ1n) is 14.7. The molecule has 4 aromatic rings. The number of hydrogen-bond acceptors (Lipinski definition) is 7. The molecule has 0 radical (unpaired) electrons. The van der Waals surface area contributed by atoms with Crippen molar-refractivity contribution < 1.29 is 23.5 Å². The largest absolute Gasteiger partial charge is 0.464 e. The van der Waals surface area contributed by atoms with Crippen molar-refractivity contribution in [2.45, 2.75) is 84.2 Å². The monoisotopic (exact) mass is 584 g/mol. The highest BCUT2D eigenvalue weighted by molar-refractivity contribution is 5.86. The molecule has 0 saturated carbocycles. The molecule has 2 aromatic carbocycles. The number of furan rings is 1. The van der Waals surface area contributed by atoms with Gasteiger partial charge in [0.1, 0.15) is 23.1 Å². The summed E-state index contributed by atoms with van der Waals surface area (Å²) >= 11 is 0. The summed E-state index contributed by atoms with van der Waals surface area (Å²) in [6, 6.07) is 14.9. The second-order valence-corrected chi connectivity index (χ2v) is 12.9. The van der Waals surface area contributed by atoms with Crippen LogP contribution in [0.5, 0.6) is 0 Å². The molecule has 1 aliphatic rings. The van der Waals surface area contributed by atoms with Crippen LogP contribution in [0.1, 0.15) is 71.6 Å². The molecule has 2 atom stereocenters. The first-order valence-corrected chi connectivity index (χ1v) is 14.7. The number of benzene rings is 2. The minimum atomic E-state index is -0.722. The highest BCUT2D eigenvalue weighted by atomic mass is 16.6. The van der Waals surface area contributed by atoms with E-state index in [1.54, 1.807) is 28.5 Å². The normalized spacial score (nSPS) is 17.5. The Morgan fingerprint density at radius 3 is 2.33 bits per heavy atom. The van der Waals surface area contributed by atoms with Gasteiger partial charge in [-0.2, -0.15) is 0 Å². The molecule has 0 spiro atoms. The lowest BCUT2D eigenvalue weighted by Crippen LogP contribution is -2.54. The number of aromatic nitrogens is 2. The minimum absolute atomic E-state index is 0.205. The highest BCUT2D eigenvalue weighted by Crippen LogP contribution is 2.38. The van der Waals surface area contributed by atoms with E-state index in [-0.39, 0.29) is 6.54 Å². The van der Waals surface area contributed by atoms with Crippen LogP contribution < -0.4 is 0 Å². The van der Waals surface area contributed by atoms with Crippen molar-refractivity contribution >= 4 is 23.2 Å². The van der Waals surface area contributed by atoms with Crippen molar-refractivity contribution in [1.29, 1.82) is 0 Å². The van der Waals surface area contributed by atoms with Gasteiger partial charge in [0.25, 0.3) is 0 Å². The number of carbonyl (C=O) groups excluding carboxylic acids is 2. The molecule has 43 heavy (non-hydrogen) atoms. The van der Waals surface area contributed by atoms with Crippen LogP contribution in [0.3, 0.4) is 0 Å². The van der Waals surface area contributed by atoms with Crippen molar-refractivity contribution in [1.82, 2.24) is 19.8 Å². The van der Waals surface area contributed by atoms with Gasteiger partial charge >= 0.3 is 12.2 Å². The van der Waals surface area contributed by atoms with Crippen LogP contribution in [0, 0.1) is 0 Å². The number of carbonyl (C=O) groups is 2. The lowest BCUT2D eigenvalue weighted by Gasteiger charge is -2.46. The van der Waals surface area contributed by atoms with Gasteiger partial charge in [0, 0.05) is 35.5 Å². The average Bonchev–Trinajstić information content (AvgIpc) is 3.44. The van der Waals surface area contributed by atoms with Crippen LogP contribution in [-0.2, 0) is 16.0 Å². The van der Waals surface area contributed by atoms with Gasteiger partial charge < -0.3 is 13.9 Å². The summed E-state index contributed by atoms with van der Waals surface area (Å²) in [5.74, 6) is 0. The Bertz CT molecular complexity index is 1560. The van der Waals surface area contributed by atoms with Gasteiger partial charge in [-0.1, -0.05) is 30.3 Å². The molecule has 1 aliphatic heterocycles. The maximum Gasteiger partial charge on any atom is 0.410 e. The maximum atomic E-state index is 14.1. The number of ether oxygens (including phenoxy) is 2. The van der Waals surface area contributed by atoms with E-state index in [1.165, 1.54) is 6.33 Å². The van der Waals surface area contributed by atoms with E-state index in [4.69, 9.17) is 13.9 Å². The van der Waals surface area contributed by atoms with E-state index in [0.717, 1.165) is 27.6 Å². The van der Waals surface area contributed by atoms with Gasteiger partial charge in [0.2, 0.25) is 0 Å². The number of fused-ring (bicyclic) bond motifs is 1. The third-order valence-corrected chi connectivity index (χ3v) is 7.26. The second-order valence-electron chi connectivity index (χ2n) is 12.9. The lowest BCUT2D eigenvalue weighted by atomic mass is 9.89. The Kier molecular flexibility index (Phi) is 8.44. The quantitative estimate of drug-likeness (QED) is 0.236. The van der Waals surface area contributed by atoms with Crippen LogP contribution in [-0.4, -0.2) is 55.7 Å². The van der Waals surface area contributed by atoms with E-state index >= 15 is 0 Å². The molecular weight excluding hydrogens is 544 g/mol. The number of nitrogens with zero attached hydrogens (tertiary/aromatic N) is 4. The first kappa shape index (κ1) is 30.1. The van der Waals surface area contributed by atoms with Crippen molar-refractivity contribution in [3.63, 3.8) is 0 Å². The number of hydrogen-bond donors (Lipinski definition) is 0. The van der Waals surface area contributed by atoms with Crippen LogP contribution in [0.25, 0.3) is 22.1 Å². The molecule has 0 aliphatic carbocycles. The smallest absolute Gasteiger partial charge is 0.410 e. The Morgan fingerprint density at radius 1 is 0.953 bits per heavy atom. The molecule has 5 rings (SSSR count). The molecule has 9 nitrogen and oxygen atoms in total. The fourth-order valence-electron chi connectivity index (χ4n) is 5.59. The van der Waals surface area contributed by atoms with Gasteiger partial charge in [-0.15, -0.1) is 0 Å². The Hall–Kier alpha value is -4.40. The van der Waals surface area contributed by atoms with Crippen molar-refractivity contribution in [2.24, 2.45) is 0 Å². The summed E-state index contributed by atoms with van der Waals surface area (Å²) in [5, 5.41) is 0.902. The van der Waals surface area contributed by atoms with Crippen LogP contribution in [0.15, 0.2) is 77.9 Å². The second kappa shape index (κ2) is 12.1. The average molecular weight is 585 g/mol. The molecule has 1 fully saturated rings. The van der Waals surface area contributed by atoms with E-state index in [1.807, 2.05) is 90.1 Å². The zero-order chi connectivity index (χ0) is 30.8. The van der Waals surface area contributed by atoms with Crippen LogP contribution in [0.2, 0.25) is 0 Å². The van der Waals surface area contributed by atoms with Gasteiger partial charge in [0.05, 0.1) is 24.9 Å². The third-order valence-electron chi connectivity index (χ3n) is 7.26. The maximum absolute atomic E-state index is 14.1. The molecule has 0 unspecified atom stereocenters. The minimum Gasteiger partial charge on any atom is -0.464 e. The Balaban J connectivity index is 1.61. The summed E-state index contributed by atoms with van der Waals surface area (Å²) in [7, 11) is 0. The van der Waals surface area contributed by atoms with Crippen molar-refractivity contribution in [3.8, 4) is 11.1 Å². The molecule has 3 heterocycles. The number of rotatable bonds is 5. The van der Waals surface area contributed by atoms with E-state index < -0.39 is 35.5 Å². The summed E-state index contributed by atoms with van der Waals surface area (Å²) in [4.78, 5) is 39.6. The van der Waals surface area contributed by atoms with E-state index in [0.29, 0.717) is 25.0 Å². The summed E-state index contributed by atoms with van der Waals surface area (Å²) in [5.41, 5.74) is 2.80. The predicted octanol–water partition coefficient (Wildman–Crippen LogP) is 7.77. The van der Waals surface area contributed by atoms with Crippen molar-refractivity contribution in [2.75, 3.05) is 6.54 Å². The SMILES string of the molecule is CC(C)(C)OC(=O)N(Cc1cc(-c2cncnc2)cc2ccoc12)[C@H]1CCCN(C(=O)OC(C)(C)C)[C@H]1c1ccccc1. The Labute approximate surface area is 252 Å². The van der Waals surface area contributed by atoms with Gasteiger partial charge in [-0.25, -0.2) is 19.6 Å². The molecule has 9 heteroatoms. The fraction of sp³-hybridized carbons (Fsp3) is 0.412. The van der Waals surface area contributed by atoms with E-state index in [9.17, 15) is 9.59 Å². The summed E-state index contributed by atoms with van der Waals surface area (Å²) in [6.45, 7) is 11.9. The van der Waals surface area contributed by atoms with Gasteiger partial charge in [-0.3, -0.25) is 9.80 Å². The van der Waals surface area contributed by atoms with Crippen LogP contribution >= 0.6 is 0 Å². The fourth-order valence-corrected chi connectivity index (χ4v) is 5.59. The number of piperidine rings is 1. The topological polar surface area (TPSA) is 98.0 Å². The van der Waals surface area contributed by atoms with Gasteiger partial charge in [-0.05, 0) is 83.7 Å². The van der Waals surface area contributed by atoms with Crippen LogP contribution in [0.4, 0.5) is 9.59 Å². The molecule has 0 N–H and O–H groups in total. The molecule has 0 bridgehead atoms. The predicted molar refractivity (Wildman–Crippen MR) is 164 cm³/mol. The molecule has 2 aromatic heterocycles. The lowest BCUT2D eigenvalue weighted by molar-refractivity contribution is -0.0262. The van der Waals surface area contributed by atoms with E-state index in [2.05, 4.69) is 9.97 Å². The molecule has 1 saturated heterocycles. The Morgan fingerprint density at radius 2 is 1.65 bits per heavy atom. The highest BCUT2D eigenvalue weighted by Gasteiger charge is 2.43. The number of amides is 2. The van der Waals surface area contributed by atoms with Gasteiger partial charge in [0.15, 0.2) is 0 Å². The third kappa shape index (κ3) is 7.16.